The average Bonchev–Trinajstić information content (AvgIpc) is 2.28. The maximum Gasteiger partial charge on any atom is 0.0645 e. The Kier molecular flexibility index (Phi) is 4.99. The first-order valence-electron chi connectivity index (χ1n) is 5.91. The summed E-state index contributed by atoms with van der Waals surface area (Å²) in [5.74, 6) is 0.231. The Morgan fingerprint density at radius 2 is 2.12 bits per heavy atom. The normalized spacial score (nSPS) is 14.0. The van der Waals surface area contributed by atoms with Crippen molar-refractivity contribution in [1.82, 2.24) is 0 Å². The number of anilines is 1. The fraction of sp³-hybridized carbons (Fsp3) is 0.500. The molecule has 0 heterocycles. The van der Waals surface area contributed by atoms with E-state index in [4.69, 9.17) is 15.7 Å². The molecule has 0 aliphatic heterocycles. The summed E-state index contributed by atoms with van der Waals surface area (Å²) in [6.07, 6.45) is 0.493. The summed E-state index contributed by atoms with van der Waals surface area (Å²) in [7, 11) is 0. The molecule has 2 unspecified atom stereocenters. The van der Waals surface area contributed by atoms with Gasteiger partial charge in [0, 0.05) is 11.6 Å². The number of rotatable bonds is 5. The second-order valence-corrected chi connectivity index (χ2v) is 4.35. The number of hydrogen-bond acceptors (Lipinski definition) is 3. The zero-order valence-corrected chi connectivity index (χ0v) is 10.7. The van der Waals surface area contributed by atoms with Gasteiger partial charge in [-0.2, -0.15) is 5.26 Å². The van der Waals surface area contributed by atoms with E-state index in [-0.39, 0.29) is 12.0 Å². The molecule has 92 valence electrons. The van der Waals surface area contributed by atoms with Gasteiger partial charge in [-0.15, -0.1) is 0 Å². The number of aryl methyl sites for hydroxylation is 1. The molecule has 0 aromatic heterocycles. The second kappa shape index (κ2) is 6.27. The van der Waals surface area contributed by atoms with Gasteiger partial charge < -0.3 is 10.5 Å². The molecule has 3 nitrogen and oxygen atoms in total. The molecule has 1 rings (SSSR count). The van der Waals surface area contributed by atoms with Gasteiger partial charge in [0.25, 0.3) is 0 Å². The van der Waals surface area contributed by atoms with Crippen molar-refractivity contribution in [1.29, 1.82) is 5.26 Å². The molecule has 2 N–H and O–H groups in total. The zero-order valence-electron chi connectivity index (χ0n) is 10.7. The molecule has 0 aliphatic carbocycles. The number of nitrogens with zero attached hydrogens (tertiary/aromatic N) is 1. The summed E-state index contributed by atoms with van der Waals surface area (Å²) in [4.78, 5) is 0. The van der Waals surface area contributed by atoms with Crippen LogP contribution in [-0.4, -0.2) is 12.7 Å². The molecule has 0 saturated carbocycles. The van der Waals surface area contributed by atoms with Crippen molar-refractivity contribution in [2.75, 3.05) is 12.3 Å². The first-order valence-corrected chi connectivity index (χ1v) is 5.91. The van der Waals surface area contributed by atoms with Crippen molar-refractivity contribution in [3.63, 3.8) is 0 Å². The summed E-state index contributed by atoms with van der Waals surface area (Å²) >= 11 is 0. The molecule has 0 aliphatic rings. The summed E-state index contributed by atoms with van der Waals surface area (Å²) in [5.41, 5.74) is 9.16. The molecule has 0 amide bonds. The molecule has 17 heavy (non-hydrogen) atoms. The van der Waals surface area contributed by atoms with Crippen molar-refractivity contribution >= 4 is 5.69 Å². The largest absolute Gasteiger partial charge is 0.398 e. The van der Waals surface area contributed by atoms with Crippen LogP contribution in [-0.2, 0) is 4.74 Å². The third-order valence-electron chi connectivity index (χ3n) is 3.11. The zero-order chi connectivity index (χ0) is 12.8. The predicted octanol–water partition coefficient (Wildman–Crippen LogP) is 3.00. The van der Waals surface area contributed by atoms with Gasteiger partial charge in [0.2, 0.25) is 0 Å². The fourth-order valence-electron chi connectivity index (χ4n) is 1.99. The number of benzene rings is 1. The highest BCUT2D eigenvalue weighted by molar-refractivity contribution is 5.52. The van der Waals surface area contributed by atoms with Crippen LogP contribution in [0.15, 0.2) is 18.2 Å². The summed E-state index contributed by atoms with van der Waals surface area (Å²) < 4.78 is 5.63. The van der Waals surface area contributed by atoms with E-state index in [2.05, 4.69) is 26.0 Å². The van der Waals surface area contributed by atoms with Gasteiger partial charge in [0.05, 0.1) is 25.2 Å². The lowest BCUT2D eigenvalue weighted by molar-refractivity contribution is 0.0546. The summed E-state index contributed by atoms with van der Waals surface area (Å²) in [5, 5.41) is 8.47. The van der Waals surface area contributed by atoms with Crippen LogP contribution >= 0.6 is 0 Å². The number of ether oxygens (including phenoxy) is 1. The molecule has 0 fully saturated rings. The van der Waals surface area contributed by atoms with Crippen molar-refractivity contribution in [3.05, 3.63) is 29.3 Å². The second-order valence-electron chi connectivity index (χ2n) is 4.35. The fourth-order valence-corrected chi connectivity index (χ4v) is 1.99. The van der Waals surface area contributed by atoms with Crippen LogP contribution in [0.2, 0.25) is 0 Å². The van der Waals surface area contributed by atoms with Crippen molar-refractivity contribution in [3.8, 4) is 6.07 Å². The first-order chi connectivity index (χ1) is 8.07. The third kappa shape index (κ3) is 3.47. The van der Waals surface area contributed by atoms with E-state index < -0.39 is 0 Å². The molecule has 2 atom stereocenters. The van der Waals surface area contributed by atoms with Crippen LogP contribution in [0.5, 0.6) is 0 Å². The lowest BCUT2D eigenvalue weighted by Gasteiger charge is -2.23. The van der Waals surface area contributed by atoms with Crippen molar-refractivity contribution < 1.29 is 4.74 Å². The minimum atomic E-state index is 0.0618. The maximum absolute atomic E-state index is 8.47. The first kappa shape index (κ1) is 13.5. The molecule has 0 saturated heterocycles. The molecule has 1 aromatic rings. The number of nitrogen functional groups attached to an aromatic ring is 1. The molecule has 0 bridgehead atoms. The Hall–Kier alpha value is -1.53. The monoisotopic (exact) mass is 232 g/mol. The molecule has 0 radical (unpaired) electrons. The van der Waals surface area contributed by atoms with Gasteiger partial charge in [-0.05, 0) is 31.0 Å². The summed E-state index contributed by atoms with van der Waals surface area (Å²) in [6, 6.07) is 8.01. The maximum atomic E-state index is 8.47. The molecule has 0 spiro atoms. The third-order valence-corrected chi connectivity index (χ3v) is 3.11. The standard InChI is InChI=1S/C14H20N2O/c1-10-6-4-7-13(16)14(10)11(2)12(3)17-9-5-8-15/h4,6-7,11-12H,5,9,16H2,1-3H3. The van der Waals surface area contributed by atoms with E-state index in [0.29, 0.717) is 13.0 Å². The minimum Gasteiger partial charge on any atom is -0.398 e. The smallest absolute Gasteiger partial charge is 0.0645 e. The highest BCUT2D eigenvalue weighted by Gasteiger charge is 2.18. The number of nitrogens with two attached hydrogens (primary N) is 1. The van der Waals surface area contributed by atoms with Crippen LogP contribution in [0.4, 0.5) is 5.69 Å². The average molecular weight is 232 g/mol. The lowest BCUT2D eigenvalue weighted by atomic mass is 9.91. The quantitative estimate of drug-likeness (QED) is 0.627. The van der Waals surface area contributed by atoms with E-state index in [1.807, 2.05) is 19.1 Å². The van der Waals surface area contributed by atoms with Gasteiger partial charge in [-0.3, -0.25) is 0 Å². The molecular weight excluding hydrogens is 212 g/mol. The summed E-state index contributed by atoms with van der Waals surface area (Å²) in [6.45, 7) is 6.67. The number of nitriles is 1. The van der Waals surface area contributed by atoms with Crippen LogP contribution in [0.1, 0.15) is 37.3 Å². The SMILES string of the molecule is Cc1cccc(N)c1C(C)C(C)OCCC#N. The Bertz CT molecular complexity index is 389. The van der Waals surface area contributed by atoms with Crippen molar-refractivity contribution in [2.45, 2.75) is 39.2 Å². The van der Waals surface area contributed by atoms with Gasteiger partial charge in [0.1, 0.15) is 0 Å². The highest BCUT2D eigenvalue weighted by Crippen LogP contribution is 2.29. The van der Waals surface area contributed by atoms with Gasteiger partial charge in [-0.25, -0.2) is 0 Å². The van der Waals surface area contributed by atoms with E-state index in [0.717, 1.165) is 11.3 Å². The van der Waals surface area contributed by atoms with Crippen LogP contribution in [0, 0.1) is 18.3 Å². The van der Waals surface area contributed by atoms with Crippen LogP contribution < -0.4 is 5.73 Å². The lowest BCUT2D eigenvalue weighted by Crippen LogP contribution is -2.19. The Labute approximate surface area is 103 Å². The molecule has 3 heteroatoms. The topological polar surface area (TPSA) is 59.0 Å². The highest BCUT2D eigenvalue weighted by atomic mass is 16.5. The molecule has 1 aromatic carbocycles. The van der Waals surface area contributed by atoms with Crippen molar-refractivity contribution in [2.24, 2.45) is 0 Å². The Morgan fingerprint density at radius 1 is 1.41 bits per heavy atom. The Balaban J connectivity index is 2.75. The Morgan fingerprint density at radius 3 is 2.71 bits per heavy atom. The number of hydrogen-bond donors (Lipinski definition) is 1. The minimum absolute atomic E-state index is 0.0618. The van der Waals surface area contributed by atoms with Crippen LogP contribution in [0.25, 0.3) is 0 Å². The van der Waals surface area contributed by atoms with Gasteiger partial charge >= 0.3 is 0 Å². The van der Waals surface area contributed by atoms with E-state index >= 15 is 0 Å². The molecular formula is C14H20N2O. The van der Waals surface area contributed by atoms with E-state index in [1.165, 1.54) is 5.56 Å². The van der Waals surface area contributed by atoms with Gasteiger partial charge in [0.15, 0.2) is 0 Å². The predicted molar refractivity (Wildman–Crippen MR) is 69.7 cm³/mol. The van der Waals surface area contributed by atoms with E-state index in [9.17, 15) is 0 Å². The van der Waals surface area contributed by atoms with Crippen LogP contribution in [0.3, 0.4) is 0 Å². The van der Waals surface area contributed by atoms with E-state index in [1.54, 1.807) is 0 Å². The van der Waals surface area contributed by atoms with Gasteiger partial charge in [-0.1, -0.05) is 19.1 Å².